The summed E-state index contributed by atoms with van der Waals surface area (Å²) in [4.78, 5) is 4.18. The summed E-state index contributed by atoms with van der Waals surface area (Å²) in [5.74, 6) is 0. The maximum absolute atomic E-state index is 4.18. The molecule has 0 atom stereocenters. The number of nitrogens with zero attached hydrogens (tertiary/aromatic N) is 3. The molecule has 2 aromatic rings. The molecule has 0 radical (unpaired) electrons. The van der Waals surface area contributed by atoms with Crippen LogP contribution in [-0.2, 0) is 19.6 Å². The van der Waals surface area contributed by atoms with Crippen LogP contribution in [0.4, 0.5) is 0 Å². The van der Waals surface area contributed by atoms with Crippen LogP contribution < -0.4 is 5.32 Å². The lowest BCUT2D eigenvalue weighted by Crippen LogP contribution is -2.11. The second kappa shape index (κ2) is 5.68. The molecule has 0 aliphatic rings. The van der Waals surface area contributed by atoms with E-state index in [1.807, 2.05) is 12.5 Å². The number of nitrogens with one attached hydrogen (secondary N) is 1. The zero-order valence-electron chi connectivity index (χ0n) is 10.6. The number of aryl methyl sites for hydroxylation is 1. The van der Waals surface area contributed by atoms with E-state index in [-0.39, 0.29) is 0 Å². The van der Waals surface area contributed by atoms with Gasteiger partial charge in [0.05, 0.1) is 18.6 Å². The van der Waals surface area contributed by atoms with Crippen molar-refractivity contribution in [3.05, 3.63) is 42.2 Å². The number of imidazole rings is 1. The van der Waals surface area contributed by atoms with Gasteiger partial charge in [-0.2, -0.15) is 0 Å². The molecule has 0 unspecified atom stereocenters. The molecular formula is C13H20N4. The van der Waals surface area contributed by atoms with Crippen molar-refractivity contribution < 1.29 is 0 Å². The number of rotatable bonds is 6. The lowest BCUT2D eigenvalue weighted by atomic mass is 10.3. The first-order valence-corrected chi connectivity index (χ1v) is 6.17. The zero-order valence-corrected chi connectivity index (χ0v) is 10.6. The van der Waals surface area contributed by atoms with Crippen molar-refractivity contribution >= 4 is 0 Å². The van der Waals surface area contributed by atoms with Gasteiger partial charge in [0.1, 0.15) is 0 Å². The lowest BCUT2D eigenvalue weighted by molar-refractivity contribution is 0.667. The third-order valence-electron chi connectivity index (χ3n) is 2.87. The Labute approximate surface area is 102 Å². The average molecular weight is 232 g/mol. The Hall–Kier alpha value is -1.55. The van der Waals surface area contributed by atoms with E-state index in [9.17, 15) is 0 Å². The highest BCUT2D eigenvalue weighted by molar-refractivity contribution is 5.12. The summed E-state index contributed by atoms with van der Waals surface area (Å²) < 4.78 is 4.37. The van der Waals surface area contributed by atoms with Crippen molar-refractivity contribution in [3.8, 4) is 0 Å². The molecule has 17 heavy (non-hydrogen) atoms. The van der Waals surface area contributed by atoms with Crippen LogP contribution in [0.25, 0.3) is 0 Å². The standard InChI is InChI=1S/C13H20N4/c1-3-14-7-12-5-6-16(9-12)10-13-8-15-11-17(13)4-2/h5-6,8-9,11,14H,3-4,7,10H2,1-2H3. The zero-order chi connectivity index (χ0) is 12.1. The fourth-order valence-electron chi connectivity index (χ4n) is 1.91. The van der Waals surface area contributed by atoms with Gasteiger partial charge in [0.25, 0.3) is 0 Å². The largest absolute Gasteiger partial charge is 0.348 e. The third-order valence-corrected chi connectivity index (χ3v) is 2.87. The molecule has 0 saturated carbocycles. The Morgan fingerprint density at radius 2 is 2.24 bits per heavy atom. The summed E-state index contributed by atoms with van der Waals surface area (Å²) in [6.07, 6.45) is 8.14. The lowest BCUT2D eigenvalue weighted by Gasteiger charge is -2.06. The van der Waals surface area contributed by atoms with Crippen LogP contribution in [0.3, 0.4) is 0 Å². The minimum absolute atomic E-state index is 0.889. The van der Waals surface area contributed by atoms with Gasteiger partial charge in [0.2, 0.25) is 0 Å². The van der Waals surface area contributed by atoms with Crippen LogP contribution in [0.15, 0.2) is 31.0 Å². The molecule has 0 aliphatic heterocycles. The van der Waals surface area contributed by atoms with Crippen molar-refractivity contribution in [2.24, 2.45) is 0 Å². The van der Waals surface area contributed by atoms with Gasteiger partial charge in [0.15, 0.2) is 0 Å². The summed E-state index contributed by atoms with van der Waals surface area (Å²) in [5.41, 5.74) is 2.58. The van der Waals surface area contributed by atoms with Crippen LogP contribution in [0.2, 0.25) is 0 Å². The van der Waals surface area contributed by atoms with Crippen molar-refractivity contribution in [3.63, 3.8) is 0 Å². The number of aromatic nitrogens is 3. The first-order valence-electron chi connectivity index (χ1n) is 6.17. The highest BCUT2D eigenvalue weighted by atomic mass is 15.1. The van der Waals surface area contributed by atoms with Gasteiger partial charge in [-0.1, -0.05) is 6.92 Å². The first kappa shape index (κ1) is 11.9. The SMILES string of the molecule is CCNCc1ccn(Cc2cncn2CC)c1. The van der Waals surface area contributed by atoms with Crippen LogP contribution in [0.5, 0.6) is 0 Å². The van der Waals surface area contributed by atoms with E-state index in [1.54, 1.807) is 0 Å². The molecule has 0 spiro atoms. The quantitative estimate of drug-likeness (QED) is 0.825. The predicted octanol–water partition coefficient (Wildman–Crippen LogP) is 1.86. The molecule has 1 N–H and O–H groups in total. The van der Waals surface area contributed by atoms with Gasteiger partial charge in [-0.3, -0.25) is 0 Å². The highest BCUT2D eigenvalue weighted by Gasteiger charge is 2.02. The van der Waals surface area contributed by atoms with Crippen LogP contribution in [-0.4, -0.2) is 20.7 Å². The average Bonchev–Trinajstić information content (AvgIpc) is 2.96. The first-order chi connectivity index (χ1) is 8.33. The van der Waals surface area contributed by atoms with E-state index in [1.165, 1.54) is 11.3 Å². The van der Waals surface area contributed by atoms with Gasteiger partial charge in [0, 0.05) is 31.7 Å². The van der Waals surface area contributed by atoms with Crippen LogP contribution in [0.1, 0.15) is 25.1 Å². The predicted molar refractivity (Wildman–Crippen MR) is 68.8 cm³/mol. The van der Waals surface area contributed by atoms with E-state index < -0.39 is 0 Å². The molecule has 2 aromatic heterocycles. The number of hydrogen-bond acceptors (Lipinski definition) is 2. The molecular weight excluding hydrogens is 212 g/mol. The molecule has 2 heterocycles. The van der Waals surface area contributed by atoms with Crippen molar-refractivity contribution in [1.29, 1.82) is 0 Å². The van der Waals surface area contributed by atoms with Crippen LogP contribution in [0, 0.1) is 0 Å². The van der Waals surface area contributed by atoms with E-state index in [0.717, 1.165) is 26.2 Å². The Kier molecular flexibility index (Phi) is 3.98. The van der Waals surface area contributed by atoms with E-state index in [4.69, 9.17) is 0 Å². The Bertz CT molecular complexity index is 455. The molecule has 0 saturated heterocycles. The minimum Gasteiger partial charge on any atom is -0.348 e. The fraction of sp³-hybridized carbons (Fsp3) is 0.462. The molecule has 4 heteroatoms. The van der Waals surface area contributed by atoms with Gasteiger partial charge >= 0.3 is 0 Å². The topological polar surface area (TPSA) is 34.8 Å². The maximum atomic E-state index is 4.18. The van der Waals surface area contributed by atoms with Gasteiger partial charge < -0.3 is 14.5 Å². The fourth-order valence-corrected chi connectivity index (χ4v) is 1.91. The summed E-state index contributed by atoms with van der Waals surface area (Å²) in [6.45, 7) is 8.07. The van der Waals surface area contributed by atoms with Crippen molar-refractivity contribution in [2.45, 2.75) is 33.5 Å². The monoisotopic (exact) mass is 232 g/mol. The molecule has 0 aromatic carbocycles. The van der Waals surface area contributed by atoms with E-state index >= 15 is 0 Å². The molecule has 0 amide bonds. The summed E-state index contributed by atoms with van der Waals surface area (Å²) in [6, 6.07) is 2.16. The summed E-state index contributed by atoms with van der Waals surface area (Å²) in [7, 11) is 0. The molecule has 4 nitrogen and oxygen atoms in total. The minimum atomic E-state index is 0.889. The number of hydrogen-bond donors (Lipinski definition) is 1. The third kappa shape index (κ3) is 2.97. The molecule has 0 aliphatic carbocycles. The van der Waals surface area contributed by atoms with Crippen LogP contribution >= 0.6 is 0 Å². The van der Waals surface area contributed by atoms with Crippen molar-refractivity contribution in [1.82, 2.24) is 19.4 Å². The Balaban J connectivity index is 2.01. The summed E-state index contributed by atoms with van der Waals surface area (Å²) in [5, 5.41) is 3.33. The second-order valence-corrected chi connectivity index (χ2v) is 4.14. The second-order valence-electron chi connectivity index (χ2n) is 4.14. The highest BCUT2D eigenvalue weighted by Crippen LogP contribution is 2.06. The smallest absolute Gasteiger partial charge is 0.0948 e. The van der Waals surface area contributed by atoms with Gasteiger partial charge in [-0.15, -0.1) is 0 Å². The Morgan fingerprint density at radius 1 is 1.35 bits per heavy atom. The maximum Gasteiger partial charge on any atom is 0.0948 e. The van der Waals surface area contributed by atoms with Gasteiger partial charge in [-0.25, -0.2) is 4.98 Å². The molecule has 92 valence electrons. The normalized spacial score (nSPS) is 10.9. The molecule has 2 rings (SSSR count). The van der Waals surface area contributed by atoms with E-state index in [2.05, 4.69) is 51.7 Å². The molecule has 0 bridgehead atoms. The van der Waals surface area contributed by atoms with E-state index in [0.29, 0.717) is 0 Å². The van der Waals surface area contributed by atoms with Crippen molar-refractivity contribution in [2.75, 3.05) is 6.54 Å². The van der Waals surface area contributed by atoms with Gasteiger partial charge in [-0.05, 0) is 25.1 Å². The molecule has 0 fully saturated rings. The Morgan fingerprint density at radius 3 is 3.00 bits per heavy atom. The summed E-state index contributed by atoms with van der Waals surface area (Å²) >= 11 is 0.